The van der Waals surface area contributed by atoms with Crippen molar-refractivity contribution in [1.82, 2.24) is 9.78 Å². The molecule has 6 nitrogen and oxygen atoms in total. The van der Waals surface area contributed by atoms with Gasteiger partial charge in [-0.1, -0.05) is 6.08 Å². The maximum atomic E-state index is 12.0. The second-order valence-electron chi connectivity index (χ2n) is 4.48. The number of nitrogens with zero attached hydrogens (tertiary/aromatic N) is 2. The lowest BCUT2D eigenvalue weighted by molar-refractivity contribution is 0.0694. The maximum Gasteiger partial charge on any atom is 0.341 e. The Balaban J connectivity index is 2.52. The van der Waals surface area contributed by atoms with Crippen molar-refractivity contribution in [2.45, 2.75) is 13.5 Å². The lowest BCUT2D eigenvalue weighted by atomic mass is 10.1. The molecule has 0 aliphatic carbocycles. The van der Waals surface area contributed by atoms with E-state index in [1.165, 1.54) is 12.1 Å². The molecule has 0 atom stereocenters. The van der Waals surface area contributed by atoms with E-state index < -0.39 is 11.5 Å². The number of hydrogen-bond acceptors (Lipinski definition) is 4. The molecule has 0 fully saturated rings. The number of aromatic carboxylic acids is 1. The summed E-state index contributed by atoms with van der Waals surface area (Å²) < 4.78 is 6.44. The van der Waals surface area contributed by atoms with Crippen LogP contribution in [-0.4, -0.2) is 27.5 Å². The predicted molar refractivity (Wildman–Crippen MR) is 82.3 cm³/mol. The molecule has 0 spiro atoms. The summed E-state index contributed by atoms with van der Waals surface area (Å²) in [6.07, 6.45) is 1.49. The first-order valence-corrected chi connectivity index (χ1v) is 6.76. The molecule has 0 amide bonds. The minimum atomic E-state index is -1.28. The zero-order valence-corrected chi connectivity index (χ0v) is 12.2. The van der Waals surface area contributed by atoms with Crippen molar-refractivity contribution >= 4 is 5.97 Å². The Labute approximate surface area is 127 Å². The van der Waals surface area contributed by atoms with E-state index in [9.17, 15) is 9.59 Å². The van der Waals surface area contributed by atoms with Crippen LogP contribution in [0.15, 0.2) is 47.8 Å². The van der Waals surface area contributed by atoms with Gasteiger partial charge >= 0.3 is 5.97 Å². The van der Waals surface area contributed by atoms with Crippen LogP contribution < -0.4 is 10.3 Å². The van der Waals surface area contributed by atoms with Gasteiger partial charge < -0.3 is 9.84 Å². The molecule has 0 saturated carbocycles. The predicted octanol–water partition coefficient (Wildman–Crippen LogP) is 2.19. The summed E-state index contributed by atoms with van der Waals surface area (Å²) in [4.78, 5) is 23.2. The zero-order valence-electron chi connectivity index (χ0n) is 12.2. The molecule has 0 aliphatic rings. The minimum Gasteiger partial charge on any atom is -0.494 e. The number of carboxylic acid groups (broad SMARTS) is 1. The smallest absolute Gasteiger partial charge is 0.341 e. The average molecular weight is 300 g/mol. The third kappa shape index (κ3) is 3.22. The topological polar surface area (TPSA) is 81.4 Å². The normalized spacial score (nSPS) is 10.2. The van der Waals surface area contributed by atoms with E-state index in [4.69, 9.17) is 9.84 Å². The van der Waals surface area contributed by atoms with Crippen LogP contribution in [0, 0.1) is 0 Å². The molecular weight excluding hydrogens is 284 g/mol. The van der Waals surface area contributed by atoms with Crippen LogP contribution in [0.4, 0.5) is 0 Å². The lowest BCUT2D eigenvalue weighted by Gasteiger charge is -2.08. The van der Waals surface area contributed by atoms with Crippen LogP contribution >= 0.6 is 0 Å². The number of rotatable bonds is 6. The molecule has 0 bridgehead atoms. The summed E-state index contributed by atoms with van der Waals surface area (Å²) in [6.45, 7) is 6.13. The first-order valence-electron chi connectivity index (χ1n) is 6.76. The summed E-state index contributed by atoms with van der Waals surface area (Å²) >= 11 is 0. The summed E-state index contributed by atoms with van der Waals surface area (Å²) in [6, 6.07) is 8.34. The van der Waals surface area contributed by atoms with Gasteiger partial charge in [-0.3, -0.25) is 4.79 Å². The van der Waals surface area contributed by atoms with Gasteiger partial charge in [0.2, 0.25) is 0 Å². The molecule has 0 radical (unpaired) electrons. The molecule has 1 heterocycles. The molecule has 0 saturated heterocycles. The largest absolute Gasteiger partial charge is 0.494 e. The zero-order chi connectivity index (χ0) is 16.1. The third-order valence-corrected chi connectivity index (χ3v) is 2.97. The first kappa shape index (κ1) is 15.5. The molecule has 2 aromatic rings. The monoisotopic (exact) mass is 300 g/mol. The Morgan fingerprint density at radius 3 is 2.64 bits per heavy atom. The van der Waals surface area contributed by atoms with Crippen LogP contribution in [0.2, 0.25) is 0 Å². The number of allylic oxidation sites excluding steroid dienone is 1. The Morgan fingerprint density at radius 2 is 2.09 bits per heavy atom. The average Bonchev–Trinajstić information content (AvgIpc) is 2.50. The van der Waals surface area contributed by atoms with Gasteiger partial charge in [0.1, 0.15) is 11.3 Å². The molecule has 1 aromatic heterocycles. The van der Waals surface area contributed by atoms with Crippen molar-refractivity contribution in [1.29, 1.82) is 0 Å². The van der Waals surface area contributed by atoms with Crippen LogP contribution in [0.3, 0.4) is 0 Å². The van der Waals surface area contributed by atoms with Crippen molar-refractivity contribution < 1.29 is 14.6 Å². The first-order chi connectivity index (χ1) is 10.6. The number of benzene rings is 1. The highest BCUT2D eigenvalue weighted by Gasteiger charge is 2.15. The number of hydrogen-bond donors (Lipinski definition) is 1. The van der Waals surface area contributed by atoms with E-state index >= 15 is 0 Å². The maximum absolute atomic E-state index is 12.0. The van der Waals surface area contributed by atoms with E-state index in [1.54, 1.807) is 24.3 Å². The Bertz CT molecular complexity index is 748. The molecule has 22 heavy (non-hydrogen) atoms. The fraction of sp³-hybridized carbons (Fsp3) is 0.188. The standard InChI is InChI=1S/C16H16N2O4/c1-3-9-18-15(19)13(16(20)21)10-14(17-18)11-5-7-12(8-6-11)22-4-2/h3,5-8,10H,1,4,9H2,2H3,(H,20,21). The van der Waals surface area contributed by atoms with Crippen molar-refractivity contribution in [3.63, 3.8) is 0 Å². The number of aromatic nitrogens is 2. The fourth-order valence-corrected chi connectivity index (χ4v) is 1.97. The van der Waals surface area contributed by atoms with Gasteiger partial charge in [0, 0.05) is 5.56 Å². The summed E-state index contributed by atoms with van der Waals surface area (Å²) in [7, 11) is 0. The highest BCUT2D eigenvalue weighted by Crippen LogP contribution is 2.20. The highest BCUT2D eigenvalue weighted by molar-refractivity contribution is 5.88. The summed E-state index contributed by atoms with van der Waals surface area (Å²) in [5, 5.41) is 13.3. The van der Waals surface area contributed by atoms with Crippen LogP contribution in [-0.2, 0) is 6.54 Å². The van der Waals surface area contributed by atoms with E-state index in [1.807, 2.05) is 6.92 Å². The Morgan fingerprint density at radius 1 is 1.41 bits per heavy atom. The molecule has 1 aromatic carbocycles. The van der Waals surface area contributed by atoms with Gasteiger partial charge in [-0.25, -0.2) is 9.48 Å². The van der Waals surface area contributed by atoms with Crippen molar-refractivity contribution in [3.05, 3.63) is 58.9 Å². The van der Waals surface area contributed by atoms with Gasteiger partial charge in [-0.05, 0) is 37.3 Å². The van der Waals surface area contributed by atoms with Crippen LogP contribution in [0.25, 0.3) is 11.3 Å². The fourth-order valence-electron chi connectivity index (χ4n) is 1.97. The summed E-state index contributed by atoms with van der Waals surface area (Å²) in [5.41, 5.74) is 0.133. The Kier molecular flexibility index (Phi) is 4.73. The van der Waals surface area contributed by atoms with E-state index in [0.29, 0.717) is 23.6 Å². The molecular formula is C16H16N2O4. The molecule has 6 heteroatoms. The van der Waals surface area contributed by atoms with Gasteiger partial charge in [-0.15, -0.1) is 6.58 Å². The molecule has 0 unspecified atom stereocenters. The van der Waals surface area contributed by atoms with E-state index in [2.05, 4.69) is 11.7 Å². The second kappa shape index (κ2) is 6.71. The van der Waals surface area contributed by atoms with Crippen molar-refractivity contribution in [2.75, 3.05) is 6.61 Å². The highest BCUT2D eigenvalue weighted by atomic mass is 16.5. The summed E-state index contributed by atoms with van der Waals surface area (Å²) in [5.74, 6) is -0.568. The van der Waals surface area contributed by atoms with Crippen LogP contribution in [0.5, 0.6) is 5.75 Å². The van der Waals surface area contributed by atoms with Crippen molar-refractivity contribution in [2.24, 2.45) is 0 Å². The molecule has 1 N–H and O–H groups in total. The van der Waals surface area contributed by atoms with Crippen molar-refractivity contribution in [3.8, 4) is 17.0 Å². The third-order valence-electron chi connectivity index (χ3n) is 2.97. The van der Waals surface area contributed by atoms with Gasteiger partial charge in [-0.2, -0.15) is 5.10 Å². The van der Waals surface area contributed by atoms with Gasteiger partial charge in [0.15, 0.2) is 0 Å². The minimum absolute atomic E-state index is 0.143. The van der Waals surface area contributed by atoms with E-state index in [-0.39, 0.29) is 12.1 Å². The van der Waals surface area contributed by atoms with E-state index in [0.717, 1.165) is 4.68 Å². The number of carbonyl (C=O) groups is 1. The Hall–Kier alpha value is -2.89. The lowest BCUT2D eigenvalue weighted by Crippen LogP contribution is -2.28. The van der Waals surface area contributed by atoms with Gasteiger partial charge in [0.25, 0.3) is 5.56 Å². The quantitative estimate of drug-likeness (QED) is 0.827. The second-order valence-corrected chi connectivity index (χ2v) is 4.48. The van der Waals surface area contributed by atoms with Gasteiger partial charge in [0.05, 0.1) is 18.8 Å². The van der Waals surface area contributed by atoms with Crippen LogP contribution in [0.1, 0.15) is 17.3 Å². The molecule has 2 rings (SSSR count). The number of carboxylic acids is 1. The SMILES string of the molecule is C=CCn1nc(-c2ccc(OCC)cc2)cc(C(=O)O)c1=O. The number of ether oxygens (including phenoxy) is 1. The molecule has 0 aliphatic heterocycles. The molecule has 114 valence electrons.